The highest BCUT2D eigenvalue weighted by molar-refractivity contribution is 5.85. The quantitative estimate of drug-likeness (QED) is 0.380. The number of hydrogen-bond donors (Lipinski definition) is 2. The minimum atomic E-state index is -0.641. The van der Waals surface area contributed by atoms with Crippen LogP contribution in [0.15, 0.2) is 12.3 Å². The summed E-state index contributed by atoms with van der Waals surface area (Å²) in [4.78, 5) is 9.57. The highest BCUT2D eigenvalue weighted by atomic mass is 35.5. The number of aliphatic hydroxyl groups excluding tert-OH is 1. The lowest BCUT2D eigenvalue weighted by atomic mass is 10.6. The van der Waals surface area contributed by atoms with Gasteiger partial charge in [-0.2, -0.15) is 0 Å². The van der Waals surface area contributed by atoms with E-state index in [-0.39, 0.29) is 12.4 Å². The summed E-state index contributed by atoms with van der Waals surface area (Å²) < 4.78 is 0. The summed E-state index contributed by atoms with van der Waals surface area (Å²) in [5.74, 6) is -0.641. The number of carbonyl (C=O) groups is 1. The van der Waals surface area contributed by atoms with E-state index in [1.807, 2.05) is 0 Å². The van der Waals surface area contributed by atoms with Gasteiger partial charge in [0.1, 0.15) is 0 Å². The number of amides is 1. The minimum Gasteiger partial charge on any atom is -0.515 e. The normalized spacial score (nSPS) is 8.00. The monoisotopic (exact) mass is 123 g/mol. The molecule has 0 aromatic rings. The Morgan fingerprint density at radius 3 is 2.14 bits per heavy atom. The maximum atomic E-state index is 9.57. The summed E-state index contributed by atoms with van der Waals surface area (Å²) in [7, 11) is 0. The Balaban J connectivity index is 0. The third-order valence-electron chi connectivity index (χ3n) is 0.239. The molecule has 0 saturated heterocycles. The van der Waals surface area contributed by atoms with E-state index in [0.29, 0.717) is 6.26 Å². The number of hydrogen-bond acceptors (Lipinski definition) is 2. The largest absolute Gasteiger partial charge is 0.515 e. The second kappa shape index (κ2) is 5.30. The Morgan fingerprint density at radius 2 is 2.14 bits per heavy atom. The van der Waals surface area contributed by atoms with Crippen LogP contribution in [0.4, 0.5) is 0 Å². The summed E-state index contributed by atoms with van der Waals surface area (Å²) in [5, 5.41) is 7.76. The fourth-order valence-electron chi connectivity index (χ4n) is 0.0735. The van der Waals surface area contributed by atoms with Crippen LogP contribution in [0.1, 0.15) is 0 Å². The second-order valence-corrected chi connectivity index (χ2v) is 0.718. The van der Waals surface area contributed by atoms with E-state index in [1.165, 1.54) is 0 Å². The fourth-order valence-corrected chi connectivity index (χ4v) is 0.0735. The molecule has 0 aliphatic rings. The average molecular weight is 124 g/mol. The molecule has 7 heavy (non-hydrogen) atoms. The van der Waals surface area contributed by atoms with Gasteiger partial charge in [-0.1, -0.05) is 0 Å². The third-order valence-corrected chi connectivity index (χ3v) is 0.239. The smallest absolute Gasteiger partial charge is 0.244 e. The van der Waals surface area contributed by atoms with Gasteiger partial charge >= 0.3 is 0 Å². The Kier molecular flexibility index (Phi) is 7.25. The highest BCUT2D eigenvalue weighted by Gasteiger charge is 1.74. The molecule has 0 aromatic heterocycles. The van der Waals surface area contributed by atoms with Gasteiger partial charge in [0.25, 0.3) is 0 Å². The number of nitrogens with two attached hydrogens (primary N) is 1. The van der Waals surface area contributed by atoms with Crippen LogP contribution >= 0.6 is 12.4 Å². The zero-order chi connectivity index (χ0) is 4.99. The minimum absolute atomic E-state index is 0. The summed E-state index contributed by atoms with van der Waals surface area (Å²) >= 11 is 0. The first-order chi connectivity index (χ1) is 2.77. The molecule has 0 aromatic carbocycles. The number of aliphatic hydroxyl groups is 1. The van der Waals surface area contributed by atoms with Crippen LogP contribution in [0.5, 0.6) is 0 Å². The first-order valence-electron chi connectivity index (χ1n) is 1.37. The lowest BCUT2D eigenvalue weighted by Gasteiger charge is -1.69. The molecule has 3 N–H and O–H groups in total. The van der Waals surface area contributed by atoms with Crippen molar-refractivity contribution >= 4 is 18.3 Å². The van der Waals surface area contributed by atoms with E-state index in [9.17, 15) is 4.79 Å². The summed E-state index contributed by atoms with van der Waals surface area (Å²) in [5.41, 5.74) is 4.52. The molecule has 0 rings (SSSR count). The van der Waals surface area contributed by atoms with Crippen LogP contribution in [-0.2, 0) is 4.79 Å². The van der Waals surface area contributed by atoms with Crippen molar-refractivity contribution < 1.29 is 9.90 Å². The van der Waals surface area contributed by atoms with Crippen molar-refractivity contribution in [2.75, 3.05) is 0 Å². The predicted octanol–water partition coefficient (Wildman–Crippen LogP) is -0.0348. The molecule has 0 atom stereocenters. The van der Waals surface area contributed by atoms with E-state index in [1.54, 1.807) is 0 Å². The van der Waals surface area contributed by atoms with Crippen molar-refractivity contribution in [2.45, 2.75) is 0 Å². The lowest BCUT2D eigenvalue weighted by Crippen LogP contribution is -2.04. The number of halogens is 1. The lowest BCUT2D eigenvalue weighted by molar-refractivity contribution is -0.113. The standard InChI is InChI=1S/C3H5NO2.ClH/c4-3(6)1-2-5;/h1-2,5H,(H2,4,6);1H. The average Bonchev–Trinajstić information content (AvgIpc) is 1.35. The maximum absolute atomic E-state index is 9.57. The first kappa shape index (κ1) is 9.57. The molecule has 0 unspecified atom stereocenters. The Morgan fingerprint density at radius 1 is 1.71 bits per heavy atom. The van der Waals surface area contributed by atoms with Crippen molar-refractivity contribution in [3.63, 3.8) is 0 Å². The van der Waals surface area contributed by atoms with Crippen molar-refractivity contribution in [1.29, 1.82) is 0 Å². The molecular weight excluding hydrogens is 117 g/mol. The van der Waals surface area contributed by atoms with Gasteiger partial charge in [-0.3, -0.25) is 4.79 Å². The van der Waals surface area contributed by atoms with E-state index >= 15 is 0 Å². The van der Waals surface area contributed by atoms with Gasteiger partial charge in [-0.05, 0) is 0 Å². The summed E-state index contributed by atoms with van der Waals surface area (Å²) in [6.45, 7) is 0. The van der Waals surface area contributed by atoms with Crippen LogP contribution in [0.2, 0.25) is 0 Å². The molecule has 3 nitrogen and oxygen atoms in total. The molecular formula is C3H6ClNO2. The zero-order valence-corrected chi connectivity index (χ0v) is 4.31. The molecule has 0 saturated carbocycles. The highest BCUT2D eigenvalue weighted by Crippen LogP contribution is 1.58. The van der Waals surface area contributed by atoms with Gasteiger partial charge < -0.3 is 10.8 Å². The van der Waals surface area contributed by atoms with Crippen molar-refractivity contribution in [3.05, 3.63) is 12.3 Å². The molecule has 0 spiro atoms. The summed E-state index contributed by atoms with van der Waals surface area (Å²) in [6.07, 6.45) is 1.46. The van der Waals surface area contributed by atoms with Gasteiger partial charge in [0, 0.05) is 6.08 Å². The molecule has 0 fully saturated rings. The van der Waals surface area contributed by atoms with Crippen LogP contribution < -0.4 is 5.73 Å². The molecule has 0 heterocycles. The number of carbonyl (C=O) groups excluding carboxylic acids is 1. The van der Waals surface area contributed by atoms with Crippen LogP contribution in [0, 0.1) is 0 Å². The van der Waals surface area contributed by atoms with E-state index in [2.05, 4.69) is 5.73 Å². The van der Waals surface area contributed by atoms with Crippen molar-refractivity contribution in [2.24, 2.45) is 5.73 Å². The van der Waals surface area contributed by atoms with Gasteiger partial charge in [-0.15, -0.1) is 12.4 Å². The predicted molar refractivity (Wildman–Crippen MR) is 28.2 cm³/mol. The van der Waals surface area contributed by atoms with E-state index < -0.39 is 5.91 Å². The molecule has 0 radical (unpaired) electrons. The molecule has 0 aliphatic heterocycles. The van der Waals surface area contributed by atoms with Gasteiger partial charge in [-0.25, -0.2) is 0 Å². The SMILES string of the molecule is Cl.NC(=O)C=CO. The van der Waals surface area contributed by atoms with Crippen molar-refractivity contribution in [1.82, 2.24) is 0 Å². The summed E-state index contributed by atoms with van der Waals surface area (Å²) in [6, 6.07) is 0. The third kappa shape index (κ3) is 10.9. The molecule has 42 valence electrons. The first-order valence-corrected chi connectivity index (χ1v) is 1.37. The van der Waals surface area contributed by atoms with Gasteiger partial charge in [0.05, 0.1) is 6.26 Å². The molecule has 0 bridgehead atoms. The van der Waals surface area contributed by atoms with Crippen molar-refractivity contribution in [3.8, 4) is 0 Å². The van der Waals surface area contributed by atoms with E-state index in [0.717, 1.165) is 6.08 Å². The van der Waals surface area contributed by atoms with Gasteiger partial charge in [0.2, 0.25) is 5.91 Å². The Hall–Kier alpha value is -0.700. The number of primary amides is 1. The second-order valence-electron chi connectivity index (χ2n) is 0.718. The van der Waals surface area contributed by atoms with Crippen LogP contribution in [0.3, 0.4) is 0 Å². The topological polar surface area (TPSA) is 63.3 Å². The van der Waals surface area contributed by atoms with Gasteiger partial charge in [0.15, 0.2) is 0 Å². The number of rotatable bonds is 1. The molecule has 0 aliphatic carbocycles. The fraction of sp³-hybridized carbons (Fsp3) is 0. The Labute approximate surface area is 47.2 Å². The Bertz CT molecular complexity index is 81.0. The van der Waals surface area contributed by atoms with Crippen LogP contribution in [0.25, 0.3) is 0 Å². The molecule has 4 heteroatoms. The van der Waals surface area contributed by atoms with Crippen LogP contribution in [-0.4, -0.2) is 11.0 Å². The van der Waals surface area contributed by atoms with E-state index in [4.69, 9.17) is 5.11 Å². The maximum Gasteiger partial charge on any atom is 0.244 e. The zero-order valence-electron chi connectivity index (χ0n) is 3.50. The molecule has 1 amide bonds.